The summed E-state index contributed by atoms with van der Waals surface area (Å²) in [6, 6.07) is 17.9. The van der Waals surface area contributed by atoms with Crippen molar-refractivity contribution in [1.29, 1.82) is 0 Å². The van der Waals surface area contributed by atoms with E-state index in [1.165, 1.54) is 4.90 Å². The minimum Gasteiger partial charge on any atom is -0.346 e. The molecule has 3 rings (SSSR count). The second kappa shape index (κ2) is 7.42. The van der Waals surface area contributed by atoms with E-state index in [4.69, 9.17) is 11.6 Å². The summed E-state index contributed by atoms with van der Waals surface area (Å²) in [6.45, 7) is 0.666. The number of para-hydroxylation sites is 1. The van der Waals surface area contributed by atoms with Gasteiger partial charge in [-0.1, -0.05) is 53.1 Å². The number of anilines is 1. The number of nitrogens with one attached hydrogen (secondary N) is 2. The fraction of sp³-hybridized carbons (Fsp3) is 0.235. The van der Waals surface area contributed by atoms with Crippen molar-refractivity contribution in [1.82, 2.24) is 20.2 Å². The average molecular weight is 344 g/mol. The zero-order chi connectivity index (χ0) is 16.9. The predicted molar refractivity (Wildman–Crippen MR) is 94.6 cm³/mol. The molecule has 0 amide bonds. The Labute approximate surface area is 146 Å². The summed E-state index contributed by atoms with van der Waals surface area (Å²) in [5.74, 6) is 0.611. The van der Waals surface area contributed by atoms with Gasteiger partial charge >= 0.3 is 0 Å². The van der Waals surface area contributed by atoms with Crippen LogP contribution in [0.25, 0.3) is 5.69 Å². The van der Waals surface area contributed by atoms with E-state index in [0.717, 1.165) is 16.3 Å². The van der Waals surface area contributed by atoms with E-state index in [2.05, 4.69) is 41.0 Å². The number of likely N-dealkylation sites (N-methyl/N-ethyl adjacent to an activating group) is 1. The van der Waals surface area contributed by atoms with Gasteiger partial charge in [-0.05, 0) is 28.6 Å². The zero-order valence-electron chi connectivity index (χ0n) is 13.6. The van der Waals surface area contributed by atoms with Crippen molar-refractivity contribution in [2.45, 2.75) is 6.04 Å². The molecule has 7 heteroatoms. The molecule has 0 saturated carbocycles. The third-order valence-corrected chi connectivity index (χ3v) is 4.26. The number of hydrogen-bond acceptors (Lipinski definition) is 4. The second-order valence-electron chi connectivity index (χ2n) is 5.78. The number of tetrazole rings is 1. The van der Waals surface area contributed by atoms with Gasteiger partial charge in [0.1, 0.15) is 6.04 Å². The minimum atomic E-state index is 0.180. The zero-order valence-corrected chi connectivity index (χ0v) is 14.4. The van der Waals surface area contributed by atoms with Crippen LogP contribution in [0.3, 0.4) is 0 Å². The lowest BCUT2D eigenvalue weighted by atomic mass is 10.1. The van der Waals surface area contributed by atoms with Crippen molar-refractivity contribution in [2.24, 2.45) is 0 Å². The van der Waals surface area contributed by atoms with Gasteiger partial charge in [0, 0.05) is 10.6 Å². The lowest BCUT2D eigenvalue weighted by Crippen LogP contribution is -3.06. The van der Waals surface area contributed by atoms with Crippen LogP contribution in [-0.2, 0) is 0 Å². The number of rotatable bonds is 6. The summed E-state index contributed by atoms with van der Waals surface area (Å²) >= 11 is 6.36. The molecule has 0 saturated heterocycles. The molecule has 0 aliphatic heterocycles. The average Bonchev–Trinajstić information content (AvgIpc) is 3.06. The normalized spacial score (nSPS) is 12.3. The molecule has 0 aliphatic rings. The van der Waals surface area contributed by atoms with Gasteiger partial charge in [0.25, 0.3) is 0 Å². The maximum absolute atomic E-state index is 6.36. The first-order chi connectivity index (χ1) is 11.7. The number of nitrogens with zero attached hydrogens (tertiary/aromatic N) is 4. The van der Waals surface area contributed by atoms with Gasteiger partial charge in [-0.2, -0.15) is 4.68 Å². The molecule has 1 aromatic heterocycles. The van der Waals surface area contributed by atoms with Crippen LogP contribution in [0, 0.1) is 0 Å². The van der Waals surface area contributed by atoms with Crippen molar-refractivity contribution >= 4 is 17.5 Å². The molecule has 0 aliphatic carbocycles. The van der Waals surface area contributed by atoms with Crippen LogP contribution < -0.4 is 10.2 Å². The Morgan fingerprint density at radius 3 is 2.50 bits per heavy atom. The first kappa shape index (κ1) is 16.4. The molecular weight excluding hydrogens is 324 g/mol. The van der Waals surface area contributed by atoms with Crippen LogP contribution in [0.2, 0.25) is 5.02 Å². The van der Waals surface area contributed by atoms with E-state index in [0.29, 0.717) is 12.5 Å². The number of benzene rings is 2. The molecule has 1 atom stereocenters. The van der Waals surface area contributed by atoms with Crippen LogP contribution in [-0.4, -0.2) is 40.8 Å². The topological polar surface area (TPSA) is 60.1 Å². The van der Waals surface area contributed by atoms with Gasteiger partial charge in [-0.3, -0.25) is 0 Å². The lowest BCUT2D eigenvalue weighted by molar-refractivity contribution is -0.890. The fourth-order valence-electron chi connectivity index (χ4n) is 2.62. The SMILES string of the molecule is C[NH+](C)[C@H](CNc1nnnn1-c1ccccc1)c1ccccc1Cl. The molecule has 6 nitrogen and oxygen atoms in total. The monoisotopic (exact) mass is 343 g/mol. The summed E-state index contributed by atoms with van der Waals surface area (Å²) in [7, 11) is 4.21. The van der Waals surface area contributed by atoms with E-state index >= 15 is 0 Å². The quantitative estimate of drug-likeness (QED) is 0.714. The Kier molecular flexibility index (Phi) is 5.08. The van der Waals surface area contributed by atoms with Crippen molar-refractivity contribution < 1.29 is 4.90 Å². The third-order valence-electron chi connectivity index (χ3n) is 3.91. The Morgan fingerprint density at radius 1 is 1.08 bits per heavy atom. The van der Waals surface area contributed by atoms with E-state index in [1.807, 2.05) is 48.5 Å². The molecule has 2 aromatic carbocycles. The second-order valence-corrected chi connectivity index (χ2v) is 6.19. The number of hydrogen-bond donors (Lipinski definition) is 2. The summed E-state index contributed by atoms with van der Waals surface area (Å²) in [6.07, 6.45) is 0. The van der Waals surface area contributed by atoms with Crippen LogP contribution in [0.4, 0.5) is 5.95 Å². The Morgan fingerprint density at radius 2 is 1.79 bits per heavy atom. The molecule has 1 heterocycles. The van der Waals surface area contributed by atoms with Gasteiger partial charge in [-0.25, -0.2) is 0 Å². The third kappa shape index (κ3) is 3.55. The number of quaternary nitrogens is 1. The van der Waals surface area contributed by atoms with Crippen molar-refractivity contribution in [2.75, 3.05) is 26.0 Å². The number of halogens is 1. The van der Waals surface area contributed by atoms with Crippen molar-refractivity contribution in [3.8, 4) is 5.69 Å². The Bertz CT molecular complexity index is 787. The van der Waals surface area contributed by atoms with E-state index in [-0.39, 0.29) is 6.04 Å². The first-order valence-corrected chi connectivity index (χ1v) is 8.16. The van der Waals surface area contributed by atoms with Gasteiger partial charge in [0.15, 0.2) is 0 Å². The van der Waals surface area contributed by atoms with Crippen LogP contribution in [0.1, 0.15) is 11.6 Å². The van der Waals surface area contributed by atoms with Crippen LogP contribution >= 0.6 is 11.6 Å². The molecule has 0 radical (unpaired) electrons. The Balaban J connectivity index is 1.80. The predicted octanol–water partition coefficient (Wildman–Crippen LogP) is 1.61. The van der Waals surface area contributed by atoms with Crippen molar-refractivity contribution in [3.05, 3.63) is 65.2 Å². The molecule has 0 fully saturated rings. The largest absolute Gasteiger partial charge is 0.346 e. The standard InChI is InChI=1S/C17H19ClN6/c1-23(2)16(14-10-6-7-11-15(14)18)12-19-17-20-21-22-24(17)13-8-4-3-5-9-13/h3-11,16H,12H2,1-2H3,(H,19,20,22)/p+1/t16-/m1/s1. The molecule has 0 bridgehead atoms. The molecule has 3 aromatic rings. The molecular formula is C17H20ClN6+. The molecule has 0 unspecified atom stereocenters. The van der Waals surface area contributed by atoms with E-state index in [1.54, 1.807) is 4.68 Å². The molecule has 2 N–H and O–H groups in total. The van der Waals surface area contributed by atoms with Crippen LogP contribution in [0.15, 0.2) is 54.6 Å². The smallest absolute Gasteiger partial charge is 0.247 e. The highest BCUT2D eigenvalue weighted by Gasteiger charge is 2.21. The minimum absolute atomic E-state index is 0.180. The Hall–Kier alpha value is -2.44. The number of aromatic nitrogens is 4. The maximum Gasteiger partial charge on any atom is 0.247 e. The summed E-state index contributed by atoms with van der Waals surface area (Å²) < 4.78 is 1.69. The summed E-state index contributed by atoms with van der Waals surface area (Å²) in [4.78, 5) is 1.27. The summed E-state index contributed by atoms with van der Waals surface area (Å²) in [5.41, 5.74) is 2.02. The maximum atomic E-state index is 6.36. The van der Waals surface area contributed by atoms with Gasteiger partial charge in [0.2, 0.25) is 5.95 Å². The van der Waals surface area contributed by atoms with Crippen LogP contribution in [0.5, 0.6) is 0 Å². The van der Waals surface area contributed by atoms with Gasteiger partial charge < -0.3 is 10.2 Å². The van der Waals surface area contributed by atoms with Gasteiger partial charge in [-0.15, -0.1) is 0 Å². The first-order valence-electron chi connectivity index (χ1n) is 7.79. The highest BCUT2D eigenvalue weighted by molar-refractivity contribution is 6.31. The van der Waals surface area contributed by atoms with Gasteiger partial charge in [0.05, 0.1) is 26.3 Å². The highest BCUT2D eigenvalue weighted by Crippen LogP contribution is 2.21. The molecule has 24 heavy (non-hydrogen) atoms. The molecule has 124 valence electrons. The highest BCUT2D eigenvalue weighted by atomic mass is 35.5. The lowest BCUT2D eigenvalue weighted by Gasteiger charge is -2.23. The molecule has 0 spiro atoms. The van der Waals surface area contributed by atoms with Crippen molar-refractivity contribution in [3.63, 3.8) is 0 Å². The van der Waals surface area contributed by atoms with E-state index in [9.17, 15) is 0 Å². The summed E-state index contributed by atoms with van der Waals surface area (Å²) in [5, 5.41) is 16.0. The van der Waals surface area contributed by atoms with E-state index < -0.39 is 0 Å². The fourth-order valence-corrected chi connectivity index (χ4v) is 2.88.